The monoisotopic (exact) mass is 502 g/mol. The molecule has 1 aliphatic rings. The number of hydrogen-bond acceptors (Lipinski definition) is 3. The molecule has 0 aliphatic carbocycles. The molecule has 1 aliphatic heterocycles. The zero-order chi connectivity index (χ0) is 15.8. The first-order valence-corrected chi connectivity index (χ1v) is 11.6. The molecule has 0 radical (unpaired) electrons. The molecule has 0 saturated heterocycles. The van der Waals surface area contributed by atoms with Gasteiger partial charge in [0, 0.05) is 22.0 Å². The van der Waals surface area contributed by atoms with Gasteiger partial charge in [-0.1, -0.05) is 31.9 Å². The lowest BCUT2D eigenvalue weighted by Gasteiger charge is -2.25. The molecule has 0 saturated carbocycles. The second-order valence-corrected chi connectivity index (χ2v) is 14.6. The molecule has 118 valence electrons. The van der Waals surface area contributed by atoms with Crippen LogP contribution in [0, 0.1) is 0 Å². The van der Waals surface area contributed by atoms with E-state index in [1.165, 1.54) is 0 Å². The van der Waals surface area contributed by atoms with Crippen LogP contribution in [0.4, 0.5) is 5.82 Å². The lowest BCUT2D eigenvalue weighted by molar-refractivity contribution is -0.119. The third kappa shape index (κ3) is 4.02. The second kappa shape index (κ2) is 6.47. The van der Waals surface area contributed by atoms with E-state index < -0.39 is 13.3 Å². The number of pyridine rings is 1. The van der Waals surface area contributed by atoms with Gasteiger partial charge >= 0.3 is 0 Å². The van der Waals surface area contributed by atoms with E-state index in [2.05, 4.69) is 71.5 Å². The minimum Gasteiger partial charge on any atom is -0.360 e. The van der Waals surface area contributed by atoms with Crippen molar-refractivity contribution < 1.29 is 9.53 Å². The summed E-state index contributed by atoms with van der Waals surface area (Å²) < 4.78 is 5.58. The number of alkyl halides is 2. The van der Waals surface area contributed by atoms with E-state index in [-0.39, 0.29) is 12.6 Å². The molecule has 0 N–H and O–H groups in total. The lowest BCUT2D eigenvalue weighted by atomic mass is 10.2. The Morgan fingerprint density at radius 3 is 2.67 bits per heavy atom. The maximum atomic E-state index is 12.5. The van der Waals surface area contributed by atoms with Crippen LogP contribution < -0.4 is 4.90 Å². The Morgan fingerprint density at radius 2 is 2.05 bits per heavy atom. The highest BCUT2D eigenvalue weighted by molar-refractivity contribution is 9.25. The summed E-state index contributed by atoms with van der Waals surface area (Å²) in [5, 5.41) is 0. The fourth-order valence-corrected chi connectivity index (χ4v) is 3.80. The summed E-state index contributed by atoms with van der Waals surface area (Å²) in [4.78, 5) is 18.4. The number of aromatic nitrogens is 1. The molecule has 1 aromatic rings. The molecule has 0 aromatic carbocycles. The molecular weight excluding hydrogens is 488 g/mol. The summed E-state index contributed by atoms with van der Waals surface area (Å²) in [5.74, 6) is 1.52. The Kier molecular flexibility index (Phi) is 5.46. The lowest BCUT2D eigenvalue weighted by Crippen LogP contribution is -2.35. The van der Waals surface area contributed by atoms with Crippen LogP contribution in [-0.2, 0) is 12.8 Å². The molecule has 8 heteroatoms. The minimum atomic E-state index is -0.926. The number of hydrogen-bond donors (Lipinski definition) is 0. The van der Waals surface area contributed by atoms with E-state index in [4.69, 9.17) is 4.74 Å². The Bertz CT molecular complexity index is 561. The molecular formula is C13H17Br3N2O2S. The van der Waals surface area contributed by atoms with Crippen molar-refractivity contribution in [2.45, 2.75) is 3.23 Å². The summed E-state index contributed by atoms with van der Waals surface area (Å²) in [6, 6.07) is 1.88. The van der Waals surface area contributed by atoms with Crippen LogP contribution in [-0.4, -0.2) is 48.7 Å². The van der Waals surface area contributed by atoms with Crippen LogP contribution in [0.15, 0.2) is 16.7 Å². The fraction of sp³-hybridized carbons (Fsp3) is 0.538. The number of carbonyl (C=O) groups excluding carboxylic acids is 1. The van der Waals surface area contributed by atoms with Crippen LogP contribution in [0.5, 0.6) is 0 Å². The molecule has 2 rings (SSSR count). The summed E-state index contributed by atoms with van der Waals surface area (Å²) >= 11 is 10.2. The Morgan fingerprint density at radius 1 is 1.38 bits per heavy atom. The number of nitrogens with zero attached hydrogens (tertiary/aromatic N) is 2. The first-order valence-electron chi connectivity index (χ1n) is 6.22. The number of amides is 1. The van der Waals surface area contributed by atoms with Gasteiger partial charge in [-0.2, -0.15) is 0 Å². The number of fused-ring (bicyclic) bond motifs is 1. The van der Waals surface area contributed by atoms with Gasteiger partial charge in [0.2, 0.25) is 0 Å². The molecule has 2 heterocycles. The van der Waals surface area contributed by atoms with Crippen LogP contribution >= 0.6 is 57.8 Å². The Balaban J connectivity index is 2.10. The van der Waals surface area contributed by atoms with Gasteiger partial charge in [-0.3, -0.25) is 9.69 Å². The SMILES string of the molecule is CS(C)(C)CCOCN1C(=O)C(Br)(Br)c2cc(Br)cnc21. The van der Waals surface area contributed by atoms with E-state index in [1.807, 2.05) is 6.07 Å². The van der Waals surface area contributed by atoms with Gasteiger partial charge in [0.25, 0.3) is 5.91 Å². The van der Waals surface area contributed by atoms with Crippen molar-refractivity contribution in [2.24, 2.45) is 0 Å². The number of ether oxygens (including phenoxy) is 1. The minimum absolute atomic E-state index is 0.119. The maximum absolute atomic E-state index is 12.5. The van der Waals surface area contributed by atoms with Crippen LogP contribution in [0.1, 0.15) is 5.56 Å². The van der Waals surface area contributed by atoms with Crippen molar-refractivity contribution in [1.82, 2.24) is 4.98 Å². The molecule has 0 spiro atoms. The molecule has 0 unspecified atom stereocenters. The predicted molar refractivity (Wildman–Crippen MR) is 100 cm³/mol. The van der Waals surface area contributed by atoms with E-state index in [1.54, 1.807) is 11.1 Å². The van der Waals surface area contributed by atoms with Crippen LogP contribution in [0.3, 0.4) is 0 Å². The van der Waals surface area contributed by atoms with Crippen molar-refractivity contribution in [1.29, 1.82) is 0 Å². The zero-order valence-electron chi connectivity index (χ0n) is 12.0. The summed E-state index contributed by atoms with van der Waals surface area (Å²) in [6.07, 6.45) is 8.41. The van der Waals surface area contributed by atoms with Gasteiger partial charge in [0.15, 0.2) is 3.23 Å². The first kappa shape index (κ1) is 17.7. The van der Waals surface area contributed by atoms with Crippen LogP contribution in [0.2, 0.25) is 0 Å². The van der Waals surface area contributed by atoms with E-state index >= 15 is 0 Å². The van der Waals surface area contributed by atoms with Gasteiger partial charge in [-0.05, 0) is 40.8 Å². The average molecular weight is 505 g/mol. The topological polar surface area (TPSA) is 42.4 Å². The van der Waals surface area contributed by atoms with Crippen molar-refractivity contribution >= 4 is 69.5 Å². The van der Waals surface area contributed by atoms with Crippen LogP contribution in [0.25, 0.3) is 0 Å². The summed E-state index contributed by atoms with van der Waals surface area (Å²) in [7, 11) is -0.591. The maximum Gasteiger partial charge on any atom is 0.262 e. The van der Waals surface area contributed by atoms with Crippen molar-refractivity contribution in [3.8, 4) is 0 Å². The molecule has 1 aromatic heterocycles. The van der Waals surface area contributed by atoms with Gasteiger partial charge in [-0.15, -0.1) is 0 Å². The quantitative estimate of drug-likeness (QED) is 0.452. The standard InChI is InChI=1S/C13H17Br3N2O2S/c1-21(2,3)5-4-20-8-18-11-10(6-9(14)7-17-11)13(15,16)12(18)19/h6-7H,4-5,8H2,1-3H3. The second-order valence-electron chi connectivity index (χ2n) is 5.66. The molecule has 0 bridgehead atoms. The van der Waals surface area contributed by atoms with Gasteiger partial charge in [0.1, 0.15) is 12.5 Å². The number of carbonyl (C=O) groups is 1. The molecule has 1 amide bonds. The fourth-order valence-electron chi connectivity index (χ4n) is 1.84. The number of halogens is 3. The van der Waals surface area contributed by atoms with Gasteiger partial charge < -0.3 is 4.74 Å². The molecule has 0 fully saturated rings. The summed E-state index contributed by atoms with van der Waals surface area (Å²) in [6.45, 7) is 0.862. The molecule has 4 nitrogen and oxygen atoms in total. The smallest absolute Gasteiger partial charge is 0.262 e. The Hall–Kier alpha value is 0.370. The zero-order valence-corrected chi connectivity index (χ0v) is 17.6. The van der Waals surface area contributed by atoms with Crippen molar-refractivity contribution in [2.75, 3.05) is 42.8 Å². The van der Waals surface area contributed by atoms with Crippen molar-refractivity contribution in [3.05, 3.63) is 22.3 Å². The Labute approximate surface area is 151 Å². The average Bonchev–Trinajstić information content (AvgIpc) is 2.54. The van der Waals surface area contributed by atoms with Gasteiger partial charge in [0.05, 0.1) is 6.61 Å². The summed E-state index contributed by atoms with van der Waals surface area (Å²) in [5.41, 5.74) is 0.784. The van der Waals surface area contributed by atoms with Crippen molar-refractivity contribution in [3.63, 3.8) is 0 Å². The number of rotatable bonds is 5. The largest absolute Gasteiger partial charge is 0.360 e. The molecule has 0 atom stereocenters. The van der Waals surface area contributed by atoms with E-state index in [0.29, 0.717) is 12.4 Å². The first-order chi connectivity index (χ1) is 9.63. The highest BCUT2D eigenvalue weighted by Crippen LogP contribution is 2.50. The predicted octanol–water partition coefficient (Wildman–Crippen LogP) is 3.80. The third-order valence-electron chi connectivity index (χ3n) is 3.00. The molecule has 21 heavy (non-hydrogen) atoms. The highest BCUT2D eigenvalue weighted by atomic mass is 79.9. The van der Waals surface area contributed by atoms with E-state index in [0.717, 1.165) is 15.8 Å². The number of anilines is 1. The highest BCUT2D eigenvalue weighted by Gasteiger charge is 2.48. The third-order valence-corrected chi connectivity index (χ3v) is 6.36. The van der Waals surface area contributed by atoms with E-state index in [9.17, 15) is 4.79 Å². The van der Waals surface area contributed by atoms with Gasteiger partial charge in [-0.25, -0.2) is 15.0 Å². The normalized spacial score (nSPS) is 18.0.